The van der Waals surface area contributed by atoms with Gasteiger partial charge in [-0.3, -0.25) is 4.79 Å². The van der Waals surface area contributed by atoms with Gasteiger partial charge < -0.3 is 15.8 Å². The molecule has 0 aliphatic heterocycles. The topological polar surface area (TPSA) is 88.1 Å². The Bertz CT molecular complexity index is 1230. The minimum absolute atomic E-state index is 0.00561. The summed E-state index contributed by atoms with van der Waals surface area (Å²) in [4.78, 5) is 13.4. The maximum atomic E-state index is 14.3. The monoisotopic (exact) mass is 485 g/mol. The van der Waals surface area contributed by atoms with Gasteiger partial charge in [0.2, 0.25) is 5.91 Å². The Morgan fingerprint density at radius 3 is 2.42 bits per heavy atom. The second-order valence-electron chi connectivity index (χ2n) is 9.47. The molecule has 0 spiro atoms. The highest BCUT2D eigenvalue weighted by molar-refractivity contribution is 5.79. The smallest absolute Gasteiger partial charge is 0.223 e. The summed E-state index contributed by atoms with van der Waals surface area (Å²) in [5.74, 6) is 0.602. The van der Waals surface area contributed by atoms with E-state index in [9.17, 15) is 9.18 Å². The number of halogens is 1. The lowest BCUT2D eigenvalue weighted by Crippen LogP contribution is -2.37. The molecule has 0 saturated heterocycles. The number of nitriles is 1. The fourth-order valence-corrected chi connectivity index (χ4v) is 5.01. The minimum Gasteiger partial charge on any atom is -0.496 e. The summed E-state index contributed by atoms with van der Waals surface area (Å²) in [6.07, 6.45) is 4.22. The van der Waals surface area contributed by atoms with Gasteiger partial charge in [-0.15, -0.1) is 0 Å². The van der Waals surface area contributed by atoms with Crippen LogP contribution in [0.2, 0.25) is 0 Å². The number of carbonyl (C=O) groups is 1. The van der Waals surface area contributed by atoms with Crippen molar-refractivity contribution in [2.24, 2.45) is 17.6 Å². The van der Waals surface area contributed by atoms with Crippen molar-refractivity contribution < 1.29 is 13.9 Å². The summed E-state index contributed by atoms with van der Waals surface area (Å²) in [5.41, 5.74) is 9.19. The molecule has 6 heteroatoms. The maximum absolute atomic E-state index is 14.3. The van der Waals surface area contributed by atoms with Gasteiger partial charge in [-0.25, -0.2) is 4.39 Å². The Balaban J connectivity index is 1.67. The summed E-state index contributed by atoms with van der Waals surface area (Å²) >= 11 is 0. The zero-order valence-corrected chi connectivity index (χ0v) is 20.5. The first-order valence-electron chi connectivity index (χ1n) is 12.4. The third kappa shape index (κ3) is 5.92. The molecular formula is C30H32FN3O2. The van der Waals surface area contributed by atoms with Crippen molar-refractivity contribution >= 4 is 5.91 Å². The van der Waals surface area contributed by atoms with Gasteiger partial charge in [0.15, 0.2) is 0 Å². The van der Waals surface area contributed by atoms with E-state index in [0.717, 1.165) is 42.4 Å². The third-order valence-corrected chi connectivity index (χ3v) is 7.18. The number of nitrogens with one attached hydrogen (secondary N) is 1. The molecule has 5 nitrogen and oxygen atoms in total. The number of amides is 1. The molecule has 1 unspecified atom stereocenters. The Morgan fingerprint density at radius 2 is 1.78 bits per heavy atom. The highest BCUT2D eigenvalue weighted by Crippen LogP contribution is 2.34. The van der Waals surface area contributed by atoms with Crippen molar-refractivity contribution in [3.05, 3.63) is 89.2 Å². The number of methoxy groups -OCH3 is 1. The van der Waals surface area contributed by atoms with Crippen LogP contribution in [0.3, 0.4) is 0 Å². The molecule has 4 rings (SSSR count). The van der Waals surface area contributed by atoms with Crippen LogP contribution in [-0.2, 0) is 11.2 Å². The third-order valence-electron chi connectivity index (χ3n) is 7.18. The van der Waals surface area contributed by atoms with Crippen molar-refractivity contribution in [1.29, 1.82) is 5.26 Å². The minimum atomic E-state index is -0.561. The van der Waals surface area contributed by atoms with Crippen molar-refractivity contribution in [3.63, 3.8) is 0 Å². The summed E-state index contributed by atoms with van der Waals surface area (Å²) in [5, 5.41) is 12.4. The molecule has 1 atom stereocenters. The lowest BCUT2D eigenvalue weighted by Gasteiger charge is -2.29. The molecule has 1 aliphatic rings. The van der Waals surface area contributed by atoms with E-state index < -0.39 is 5.82 Å². The number of hydrogen-bond acceptors (Lipinski definition) is 4. The maximum Gasteiger partial charge on any atom is 0.223 e. The van der Waals surface area contributed by atoms with E-state index in [0.29, 0.717) is 30.2 Å². The molecule has 3 N–H and O–H groups in total. The molecule has 0 aromatic heterocycles. The largest absolute Gasteiger partial charge is 0.496 e. The number of rotatable bonds is 8. The van der Waals surface area contributed by atoms with Crippen LogP contribution in [0.4, 0.5) is 4.39 Å². The fraction of sp³-hybridized carbons (Fsp3) is 0.333. The normalized spacial score (nSPS) is 18.2. The summed E-state index contributed by atoms with van der Waals surface area (Å²) in [6.45, 7) is 0.672. The molecule has 1 amide bonds. The van der Waals surface area contributed by atoms with E-state index in [4.69, 9.17) is 15.7 Å². The van der Waals surface area contributed by atoms with Crippen LogP contribution in [0.5, 0.6) is 5.75 Å². The molecule has 1 fully saturated rings. The predicted octanol–water partition coefficient (Wildman–Crippen LogP) is 5.54. The molecular weight excluding hydrogens is 453 g/mol. The Morgan fingerprint density at radius 1 is 1.08 bits per heavy atom. The summed E-state index contributed by atoms with van der Waals surface area (Å²) in [7, 11) is 1.61. The van der Waals surface area contributed by atoms with Crippen molar-refractivity contribution in [2.45, 2.75) is 38.1 Å². The number of nitrogens with zero attached hydrogens (tertiary/aromatic N) is 1. The first-order chi connectivity index (χ1) is 17.5. The van der Waals surface area contributed by atoms with Gasteiger partial charge in [0.25, 0.3) is 0 Å². The molecule has 0 radical (unpaired) electrons. The number of benzene rings is 3. The second-order valence-corrected chi connectivity index (χ2v) is 9.47. The average molecular weight is 486 g/mol. The molecule has 3 aromatic rings. The lowest BCUT2D eigenvalue weighted by molar-refractivity contribution is -0.127. The molecule has 186 valence electrons. The van der Waals surface area contributed by atoms with Crippen LogP contribution in [0.1, 0.15) is 48.4 Å². The van der Waals surface area contributed by atoms with Crippen LogP contribution in [0.25, 0.3) is 11.1 Å². The number of ether oxygens (including phenoxy) is 1. The van der Waals surface area contributed by atoms with Gasteiger partial charge in [0.05, 0.1) is 18.7 Å². The van der Waals surface area contributed by atoms with E-state index in [1.54, 1.807) is 13.2 Å². The van der Waals surface area contributed by atoms with Gasteiger partial charge >= 0.3 is 0 Å². The average Bonchev–Trinajstić information content (AvgIpc) is 2.92. The molecule has 0 bridgehead atoms. The first-order valence-corrected chi connectivity index (χ1v) is 12.4. The number of hydrogen-bond donors (Lipinski definition) is 2. The van der Waals surface area contributed by atoms with Gasteiger partial charge in [-0.2, -0.15) is 5.26 Å². The van der Waals surface area contributed by atoms with Crippen LogP contribution in [0, 0.1) is 29.0 Å². The van der Waals surface area contributed by atoms with Gasteiger partial charge in [-0.05, 0) is 85.5 Å². The van der Waals surface area contributed by atoms with Crippen LogP contribution in [-0.4, -0.2) is 19.6 Å². The van der Waals surface area contributed by atoms with Crippen molar-refractivity contribution in [2.75, 3.05) is 13.7 Å². The zero-order chi connectivity index (χ0) is 25.5. The van der Waals surface area contributed by atoms with E-state index in [1.807, 2.05) is 54.6 Å². The quantitative estimate of drug-likeness (QED) is 0.439. The predicted molar refractivity (Wildman–Crippen MR) is 139 cm³/mol. The molecule has 36 heavy (non-hydrogen) atoms. The van der Waals surface area contributed by atoms with Gasteiger partial charge in [0.1, 0.15) is 17.6 Å². The molecule has 1 saturated carbocycles. The second kappa shape index (κ2) is 11.8. The van der Waals surface area contributed by atoms with Crippen LogP contribution >= 0.6 is 0 Å². The lowest BCUT2D eigenvalue weighted by atomic mass is 9.81. The molecule has 1 aliphatic carbocycles. The van der Waals surface area contributed by atoms with Crippen LogP contribution < -0.4 is 15.8 Å². The molecule has 0 heterocycles. The molecule has 3 aromatic carbocycles. The number of nitrogens with two attached hydrogens (primary N) is 1. The van der Waals surface area contributed by atoms with E-state index in [1.165, 1.54) is 12.1 Å². The van der Waals surface area contributed by atoms with E-state index >= 15 is 0 Å². The van der Waals surface area contributed by atoms with E-state index in [-0.39, 0.29) is 23.4 Å². The highest BCUT2D eigenvalue weighted by Gasteiger charge is 2.28. The summed E-state index contributed by atoms with van der Waals surface area (Å²) < 4.78 is 20.0. The first kappa shape index (κ1) is 25.4. The SMILES string of the molecule is COc1ccc(-c2ccc(C#N)c(F)c2)cc1C(Cc1ccccc1)NC(=O)C1CCC(CN)CC1. The Hall–Kier alpha value is -3.69. The van der Waals surface area contributed by atoms with Crippen LogP contribution in [0.15, 0.2) is 66.7 Å². The van der Waals surface area contributed by atoms with Crippen molar-refractivity contribution in [3.8, 4) is 22.9 Å². The van der Waals surface area contributed by atoms with Gasteiger partial charge in [-0.1, -0.05) is 42.5 Å². The standard InChI is InChI=1S/C30H32FN3O2/c1-36-29-14-13-23(24-11-12-25(19-33)27(31)17-24)16-26(29)28(15-20-5-3-2-4-6-20)34-30(35)22-9-7-21(18-32)8-10-22/h2-6,11-14,16-17,21-22,28H,7-10,15,18,32H2,1H3,(H,34,35). The van der Waals surface area contributed by atoms with Crippen molar-refractivity contribution in [1.82, 2.24) is 5.32 Å². The Labute approximate surface area is 212 Å². The van der Waals surface area contributed by atoms with Gasteiger partial charge in [0, 0.05) is 11.5 Å². The number of carbonyl (C=O) groups excluding carboxylic acids is 1. The highest BCUT2D eigenvalue weighted by atomic mass is 19.1. The Kier molecular flexibility index (Phi) is 8.35. The summed E-state index contributed by atoms with van der Waals surface area (Å²) in [6, 6.07) is 21.8. The van der Waals surface area contributed by atoms with E-state index in [2.05, 4.69) is 5.32 Å². The fourth-order valence-electron chi connectivity index (χ4n) is 5.01. The zero-order valence-electron chi connectivity index (χ0n) is 20.5.